The molecule has 5 rings (SSSR count). The molecule has 2 amide bonds. The zero-order chi connectivity index (χ0) is 31.6. The second-order valence-electron chi connectivity index (χ2n) is 13.1. The number of methoxy groups -OCH3 is 2. The van der Waals surface area contributed by atoms with Crippen LogP contribution in [0.4, 0.5) is 4.39 Å². The van der Waals surface area contributed by atoms with Gasteiger partial charge in [-0.05, 0) is 80.2 Å². The molecule has 0 radical (unpaired) electrons. The number of hydrogen-bond acceptors (Lipinski definition) is 5. The number of aromatic nitrogens is 2. The molecule has 2 unspecified atom stereocenters. The van der Waals surface area contributed by atoms with Gasteiger partial charge in [-0.2, -0.15) is 0 Å². The highest BCUT2D eigenvalue weighted by molar-refractivity contribution is 6.31. The number of amides is 2. The average Bonchev–Trinajstić information content (AvgIpc) is 3.63. The Kier molecular flexibility index (Phi) is 9.68. The van der Waals surface area contributed by atoms with Gasteiger partial charge in [0, 0.05) is 37.8 Å². The van der Waals surface area contributed by atoms with Gasteiger partial charge in [0.25, 0.3) is 0 Å². The van der Waals surface area contributed by atoms with E-state index in [0.717, 1.165) is 48.7 Å². The number of halogens is 2. The molecule has 2 aliphatic rings. The first-order chi connectivity index (χ1) is 21.0. The lowest BCUT2D eigenvalue weighted by Crippen LogP contribution is -2.58. The van der Waals surface area contributed by atoms with Crippen molar-refractivity contribution >= 4 is 34.4 Å². The van der Waals surface area contributed by atoms with Gasteiger partial charge in [-0.15, -0.1) is 0 Å². The lowest BCUT2D eigenvalue weighted by Gasteiger charge is -2.36. The second-order valence-corrected chi connectivity index (χ2v) is 13.5. The van der Waals surface area contributed by atoms with Gasteiger partial charge < -0.3 is 25.1 Å². The fourth-order valence-corrected chi connectivity index (χ4v) is 6.54. The first kappa shape index (κ1) is 32.4. The molecule has 44 heavy (non-hydrogen) atoms. The van der Waals surface area contributed by atoms with Crippen molar-refractivity contribution in [1.29, 1.82) is 0 Å². The SMILES string of the molecule is COCC(C)(C(=O)N[C@@H](C(=O)NCC1(OC)CC1)C1CCC1)c1ccc2nc(CC(c3c(F)cccc3Cl)C(C)C)[nH]c2c1. The number of nitrogens with one attached hydrogen (secondary N) is 3. The lowest BCUT2D eigenvalue weighted by atomic mass is 9.77. The quantitative estimate of drug-likeness (QED) is 0.209. The van der Waals surface area contributed by atoms with Gasteiger partial charge >= 0.3 is 0 Å². The van der Waals surface area contributed by atoms with Crippen LogP contribution in [0.5, 0.6) is 0 Å². The molecule has 8 nitrogen and oxygen atoms in total. The van der Waals surface area contributed by atoms with Crippen LogP contribution in [0.15, 0.2) is 36.4 Å². The monoisotopic (exact) mass is 626 g/mol. The lowest BCUT2D eigenvalue weighted by molar-refractivity contribution is -0.135. The van der Waals surface area contributed by atoms with E-state index in [1.807, 2.05) is 39.0 Å². The highest BCUT2D eigenvalue weighted by atomic mass is 35.5. The number of hydrogen-bond donors (Lipinski definition) is 3. The summed E-state index contributed by atoms with van der Waals surface area (Å²) in [6.07, 6.45) is 5.15. The molecule has 2 saturated carbocycles. The van der Waals surface area contributed by atoms with Crippen LogP contribution in [-0.4, -0.2) is 60.8 Å². The van der Waals surface area contributed by atoms with E-state index in [1.54, 1.807) is 26.4 Å². The number of carbonyl (C=O) groups excluding carboxylic acids is 2. The van der Waals surface area contributed by atoms with Gasteiger partial charge in [-0.1, -0.05) is 44.0 Å². The fourth-order valence-electron chi connectivity index (χ4n) is 6.24. The van der Waals surface area contributed by atoms with Gasteiger partial charge in [-0.25, -0.2) is 9.37 Å². The molecular weight excluding hydrogens is 583 g/mol. The number of H-pyrrole nitrogens is 1. The first-order valence-corrected chi connectivity index (χ1v) is 15.9. The van der Waals surface area contributed by atoms with Crippen LogP contribution < -0.4 is 10.6 Å². The molecule has 0 saturated heterocycles. The Balaban J connectivity index is 1.37. The molecule has 3 aromatic rings. The number of nitrogens with zero attached hydrogens (tertiary/aromatic N) is 1. The number of carbonyl (C=O) groups is 2. The minimum Gasteiger partial charge on any atom is -0.383 e. The van der Waals surface area contributed by atoms with E-state index in [2.05, 4.69) is 15.6 Å². The Morgan fingerprint density at radius 1 is 1.20 bits per heavy atom. The first-order valence-electron chi connectivity index (χ1n) is 15.6. The Hall–Kier alpha value is -3.01. The minimum absolute atomic E-state index is 0.0953. The van der Waals surface area contributed by atoms with Gasteiger partial charge in [0.2, 0.25) is 11.8 Å². The summed E-state index contributed by atoms with van der Waals surface area (Å²) in [4.78, 5) is 35.5. The number of imidazole rings is 1. The zero-order valence-corrected chi connectivity index (χ0v) is 27.0. The van der Waals surface area contributed by atoms with Crippen molar-refractivity contribution in [3.8, 4) is 0 Å². The minimum atomic E-state index is -1.07. The maximum atomic E-state index is 14.8. The molecule has 2 fully saturated rings. The maximum Gasteiger partial charge on any atom is 0.242 e. The Bertz CT molecular complexity index is 1480. The van der Waals surface area contributed by atoms with Crippen molar-refractivity contribution < 1.29 is 23.5 Å². The van der Waals surface area contributed by atoms with E-state index in [-0.39, 0.29) is 47.6 Å². The van der Waals surface area contributed by atoms with Crippen molar-refractivity contribution in [3.05, 3.63) is 64.2 Å². The van der Waals surface area contributed by atoms with Gasteiger partial charge in [0.05, 0.1) is 28.7 Å². The van der Waals surface area contributed by atoms with Crippen LogP contribution in [0.25, 0.3) is 11.0 Å². The topological polar surface area (TPSA) is 105 Å². The summed E-state index contributed by atoms with van der Waals surface area (Å²) in [5, 5.41) is 6.53. The van der Waals surface area contributed by atoms with Crippen LogP contribution in [-0.2, 0) is 30.9 Å². The molecule has 3 atom stereocenters. The van der Waals surface area contributed by atoms with Crippen LogP contribution in [0.1, 0.15) is 75.7 Å². The van der Waals surface area contributed by atoms with Gasteiger partial charge in [0.15, 0.2) is 0 Å². The summed E-state index contributed by atoms with van der Waals surface area (Å²) >= 11 is 6.43. The highest BCUT2D eigenvalue weighted by Crippen LogP contribution is 2.39. The third-order valence-corrected chi connectivity index (χ3v) is 10.0. The van der Waals surface area contributed by atoms with Crippen molar-refractivity contribution in [2.45, 2.75) is 82.3 Å². The molecule has 3 N–H and O–H groups in total. The molecule has 0 aliphatic heterocycles. The van der Waals surface area contributed by atoms with Crippen LogP contribution >= 0.6 is 11.6 Å². The van der Waals surface area contributed by atoms with E-state index in [4.69, 9.17) is 26.1 Å². The van der Waals surface area contributed by atoms with Crippen LogP contribution in [0.3, 0.4) is 0 Å². The molecule has 10 heteroatoms. The zero-order valence-electron chi connectivity index (χ0n) is 26.3. The Labute approximate surface area is 263 Å². The van der Waals surface area contributed by atoms with Gasteiger partial charge in [0.1, 0.15) is 17.7 Å². The van der Waals surface area contributed by atoms with E-state index in [9.17, 15) is 14.0 Å². The fraction of sp³-hybridized carbons (Fsp3) is 0.559. The number of benzene rings is 2. The smallest absolute Gasteiger partial charge is 0.242 e. The number of fused-ring (bicyclic) bond motifs is 1. The molecule has 2 aromatic carbocycles. The van der Waals surface area contributed by atoms with E-state index < -0.39 is 11.5 Å². The predicted octanol–water partition coefficient (Wildman–Crippen LogP) is 5.82. The molecule has 1 aromatic heterocycles. The molecule has 238 valence electrons. The van der Waals surface area contributed by atoms with E-state index in [1.165, 1.54) is 6.07 Å². The molecule has 0 bridgehead atoms. The predicted molar refractivity (Wildman–Crippen MR) is 169 cm³/mol. The largest absolute Gasteiger partial charge is 0.383 e. The highest BCUT2D eigenvalue weighted by Gasteiger charge is 2.45. The standard InChI is InChI=1S/C34H44ClFN4O4/c1-20(2)23(29-24(35)10-7-11-25(29)36)17-28-38-26-13-12-22(16-27(26)39-28)33(3,19-43-4)32(42)40-30(21-8-6-9-21)31(41)37-18-34(44-5)14-15-34/h7,10-13,16,20-21,23,30H,6,8-9,14-15,17-19H2,1-5H3,(H,37,41)(H,38,39)(H,40,42)/t23?,30-,33?/m1/s1. The summed E-state index contributed by atoms with van der Waals surface area (Å²) in [6, 6.07) is 9.81. The Morgan fingerprint density at radius 2 is 1.95 bits per heavy atom. The summed E-state index contributed by atoms with van der Waals surface area (Å²) in [5.41, 5.74) is 1.39. The molecule has 2 aliphatic carbocycles. The third-order valence-electron chi connectivity index (χ3n) is 9.71. The second kappa shape index (κ2) is 13.2. The van der Waals surface area contributed by atoms with Crippen molar-refractivity contribution in [1.82, 2.24) is 20.6 Å². The third kappa shape index (κ3) is 6.65. The van der Waals surface area contributed by atoms with Crippen molar-refractivity contribution in [3.63, 3.8) is 0 Å². The molecular formula is C34H44ClFN4O4. The van der Waals surface area contributed by atoms with Gasteiger partial charge in [-0.3, -0.25) is 9.59 Å². The van der Waals surface area contributed by atoms with E-state index >= 15 is 0 Å². The van der Waals surface area contributed by atoms with Crippen molar-refractivity contribution in [2.24, 2.45) is 11.8 Å². The summed E-state index contributed by atoms with van der Waals surface area (Å²) in [7, 11) is 3.23. The maximum absolute atomic E-state index is 14.8. The Morgan fingerprint density at radius 3 is 2.55 bits per heavy atom. The summed E-state index contributed by atoms with van der Waals surface area (Å²) < 4.78 is 26.0. The number of rotatable bonds is 14. The number of aromatic amines is 1. The molecule has 0 spiro atoms. The summed E-state index contributed by atoms with van der Waals surface area (Å²) in [5.74, 6) is -0.0248. The summed E-state index contributed by atoms with van der Waals surface area (Å²) in [6.45, 7) is 6.48. The van der Waals surface area contributed by atoms with Crippen LogP contribution in [0.2, 0.25) is 5.02 Å². The number of ether oxygens (including phenoxy) is 2. The molecule has 1 heterocycles. The van der Waals surface area contributed by atoms with Crippen LogP contribution in [0, 0.1) is 17.7 Å². The average molecular weight is 627 g/mol. The van der Waals surface area contributed by atoms with E-state index in [0.29, 0.717) is 29.4 Å². The van der Waals surface area contributed by atoms with Crippen molar-refractivity contribution in [2.75, 3.05) is 27.4 Å². The normalized spacial score (nSPS) is 18.8.